The number of carbonyl (C=O) groups excluding carboxylic acids is 1. The fraction of sp³-hybridized carbons (Fsp3) is 0.562. The summed E-state index contributed by atoms with van der Waals surface area (Å²) in [5.74, 6) is 1.03. The van der Waals surface area contributed by atoms with Crippen LogP contribution in [-0.4, -0.2) is 23.4 Å². The summed E-state index contributed by atoms with van der Waals surface area (Å²) < 4.78 is 0. The zero-order valence-electron chi connectivity index (χ0n) is 11.1. The monoisotopic (exact) mass is 243 g/mol. The molecule has 1 unspecified atom stereocenters. The van der Waals surface area contributed by atoms with Crippen LogP contribution in [0.1, 0.15) is 48.0 Å². The zero-order chi connectivity index (χ0) is 12.5. The Morgan fingerprint density at radius 3 is 2.61 bits per heavy atom. The Kier molecular flexibility index (Phi) is 3.11. The summed E-state index contributed by atoms with van der Waals surface area (Å²) >= 11 is 0. The van der Waals surface area contributed by atoms with Crippen LogP contribution in [-0.2, 0) is 0 Å². The number of rotatable bonds is 2. The van der Waals surface area contributed by atoms with Crippen LogP contribution in [0.2, 0.25) is 0 Å². The number of benzene rings is 1. The zero-order valence-corrected chi connectivity index (χ0v) is 11.1. The molecule has 2 nitrogen and oxygen atoms in total. The molecule has 0 N–H and O–H groups in total. The minimum absolute atomic E-state index is 0.252. The average molecular weight is 243 g/mol. The minimum atomic E-state index is 0.252. The Hall–Kier alpha value is -1.31. The topological polar surface area (TPSA) is 20.3 Å². The maximum absolute atomic E-state index is 12.6. The highest BCUT2D eigenvalue weighted by molar-refractivity contribution is 5.96. The fourth-order valence-corrected chi connectivity index (χ4v) is 3.33. The van der Waals surface area contributed by atoms with Gasteiger partial charge in [-0.25, -0.2) is 0 Å². The van der Waals surface area contributed by atoms with Crippen molar-refractivity contribution in [3.05, 3.63) is 35.4 Å². The van der Waals surface area contributed by atoms with Gasteiger partial charge in [0.2, 0.25) is 0 Å². The van der Waals surface area contributed by atoms with E-state index in [0.29, 0.717) is 6.04 Å². The molecule has 0 bridgehead atoms. The molecule has 1 aliphatic carbocycles. The van der Waals surface area contributed by atoms with E-state index in [1.54, 1.807) is 0 Å². The van der Waals surface area contributed by atoms with Crippen molar-refractivity contribution >= 4 is 5.91 Å². The smallest absolute Gasteiger partial charge is 0.254 e. The summed E-state index contributed by atoms with van der Waals surface area (Å²) in [6.45, 7) is 2.98. The van der Waals surface area contributed by atoms with Crippen molar-refractivity contribution in [2.24, 2.45) is 5.92 Å². The van der Waals surface area contributed by atoms with Gasteiger partial charge in [-0.1, -0.05) is 24.6 Å². The van der Waals surface area contributed by atoms with E-state index in [2.05, 4.69) is 4.90 Å². The van der Waals surface area contributed by atoms with Crippen LogP contribution in [0.5, 0.6) is 0 Å². The molecule has 2 heteroatoms. The van der Waals surface area contributed by atoms with E-state index in [9.17, 15) is 4.79 Å². The van der Waals surface area contributed by atoms with E-state index < -0.39 is 0 Å². The Morgan fingerprint density at radius 2 is 1.94 bits per heavy atom. The molecule has 1 saturated heterocycles. The van der Waals surface area contributed by atoms with E-state index in [4.69, 9.17) is 0 Å². The van der Waals surface area contributed by atoms with Gasteiger partial charge >= 0.3 is 0 Å². The third-order valence-corrected chi connectivity index (χ3v) is 4.63. The van der Waals surface area contributed by atoms with Gasteiger partial charge in [-0.2, -0.15) is 0 Å². The summed E-state index contributed by atoms with van der Waals surface area (Å²) in [5.41, 5.74) is 1.99. The molecule has 18 heavy (non-hydrogen) atoms. The molecule has 0 spiro atoms. The third-order valence-electron chi connectivity index (χ3n) is 4.63. The normalized spacial score (nSPS) is 24.1. The van der Waals surface area contributed by atoms with Gasteiger partial charge in [0.1, 0.15) is 0 Å². The van der Waals surface area contributed by atoms with Crippen molar-refractivity contribution < 1.29 is 4.79 Å². The van der Waals surface area contributed by atoms with Gasteiger partial charge < -0.3 is 4.90 Å². The summed E-state index contributed by atoms with van der Waals surface area (Å²) in [6.07, 6.45) is 6.39. The van der Waals surface area contributed by atoms with Crippen molar-refractivity contribution in [1.82, 2.24) is 4.90 Å². The number of hydrogen-bond donors (Lipinski definition) is 0. The Labute approximate surface area is 109 Å². The SMILES string of the molecule is Cc1ccccc1C(=O)N1CCCC1C1CCC1. The molecule has 1 aromatic rings. The summed E-state index contributed by atoms with van der Waals surface area (Å²) in [4.78, 5) is 14.8. The van der Waals surface area contributed by atoms with Crippen LogP contribution in [0, 0.1) is 12.8 Å². The largest absolute Gasteiger partial charge is 0.335 e. The average Bonchev–Trinajstić information content (AvgIpc) is 2.75. The predicted molar refractivity (Wildman–Crippen MR) is 72.6 cm³/mol. The summed E-state index contributed by atoms with van der Waals surface area (Å²) in [5, 5.41) is 0. The maximum Gasteiger partial charge on any atom is 0.254 e. The molecule has 1 aromatic carbocycles. The lowest BCUT2D eigenvalue weighted by molar-refractivity contribution is 0.0625. The van der Waals surface area contributed by atoms with Crippen LogP contribution in [0.3, 0.4) is 0 Å². The highest BCUT2D eigenvalue weighted by atomic mass is 16.2. The number of hydrogen-bond acceptors (Lipinski definition) is 1. The first-order valence-electron chi connectivity index (χ1n) is 7.14. The lowest BCUT2D eigenvalue weighted by atomic mass is 9.78. The summed E-state index contributed by atoms with van der Waals surface area (Å²) in [7, 11) is 0. The van der Waals surface area contributed by atoms with Crippen LogP contribution in [0.4, 0.5) is 0 Å². The molecule has 1 aliphatic heterocycles. The Morgan fingerprint density at radius 1 is 1.17 bits per heavy atom. The van der Waals surface area contributed by atoms with Crippen LogP contribution >= 0.6 is 0 Å². The molecule has 1 amide bonds. The predicted octanol–water partition coefficient (Wildman–Crippen LogP) is 3.40. The van der Waals surface area contributed by atoms with Gasteiger partial charge in [-0.05, 0) is 50.2 Å². The number of amides is 1. The van der Waals surface area contributed by atoms with Gasteiger partial charge in [0.15, 0.2) is 0 Å². The van der Waals surface area contributed by atoms with Gasteiger partial charge in [0, 0.05) is 18.2 Å². The Bertz CT molecular complexity index is 450. The second-order valence-corrected chi connectivity index (χ2v) is 5.71. The lowest BCUT2D eigenvalue weighted by Crippen LogP contribution is -2.42. The molecule has 2 fully saturated rings. The highest BCUT2D eigenvalue weighted by Gasteiger charge is 2.37. The molecule has 0 aromatic heterocycles. The number of likely N-dealkylation sites (tertiary alicyclic amines) is 1. The highest BCUT2D eigenvalue weighted by Crippen LogP contribution is 2.37. The molecule has 2 aliphatic rings. The molecule has 1 atom stereocenters. The van der Waals surface area contributed by atoms with Crippen molar-refractivity contribution in [2.45, 2.75) is 45.1 Å². The molecule has 1 saturated carbocycles. The molecule has 3 rings (SSSR count). The lowest BCUT2D eigenvalue weighted by Gasteiger charge is -2.37. The van der Waals surface area contributed by atoms with E-state index in [1.807, 2.05) is 31.2 Å². The van der Waals surface area contributed by atoms with E-state index in [-0.39, 0.29) is 5.91 Å². The quantitative estimate of drug-likeness (QED) is 0.779. The van der Waals surface area contributed by atoms with E-state index >= 15 is 0 Å². The number of aryl methyl sites for hydroxylation is 1. The molecule has 96 valence electrons. The molecular weight excluding hydrogens is 222 g/mol. The van der Waals surface area contributed by atoms with Gasteiger partial charge in [0.25, 0.3) is 5.91 Å². The second-order valence-electron chi connectivity index (χ2n) is 5.71. The van der Waals surface area contributed by atoms with E-state index in [0.717, 1.165) is 23.6 Å². The first-order chi connectivity index (χ1) is 8.77. The second kappa shape index (κ2) is 4.75. The molecular formula is C16H21NO. The van der Waals surface area contributed by atoms with Crippen LogP contribution < -0.4 is 0 Å². The number of nitrogens with zero attached hydrogens (tertiary/aromatic N) is 1. The van der Waals surface area contributed by atoms with Crippen LogP contribution in [0.25, 0.3) is 0 Å². The van der Waals surface area contributed by atoms with E-state index in [1.165, 1.54) is 32.1 Å². The Balaban J connectivity index is 1.81. The third kappa shape index (κ3) is 1.94. The molecule has 1 heterocycles. The van der Waals surface area contributed by atoms with Crippen molar-refractivity contribution in [1.29, 1.82) is 0 Å². The minimum Gasteiger partial charge on any atom is -0.335 e. The van der Waals surface area contributed by atoms with Crippen molar-refractivity contribution in [3.63, 3.8) is 0 Å². The first-order valence-corrected chi connectivity index (χ1v) is 7.14. The standard InChI is InChI=1S/C16H21NO/c1-12-6-2-3-9-14(12)16(18)17-11-5-10-15(17)13-7-4-8-13/h2-3,6,9,13,15H,4-5,7-8,10-11H2,1H3. The van der Waals surface area contributed by atoms with Gasteiger partial charge in [-0.3, -0.25) is 4.79 Å². The van der Waals surface area contributed by atoms with Gasteiger partial charge in [-0.15, -0.1) is 0 Å². The van der Waals surface area contributed by atoms with Gasteiger partial charge in [0.05, 0.1) is 0 Å². The van der Waals surface area contributed by atoms with Crippen molar-refractivity contribution in [3.8, 4) is 0 Å². The van der Waals surface area contributed by atoms with Crippen LogP contribution in [0.15, 0.2) is 24.3 Å². The number of carbonyl (C=O) groups is 1. The molecule has 0 radical (unpaired) electrons. The summed E-state index contributed by atoms with van der Waals surface area (Å²) in [6, 6.07) is 8.48. The maximum atomic E-state index is 12.6. The fourth-order valence-electron chi connectivity index (χ4n) is 3.33. The van der Waals surface area contributed by atoms with Crippen molar-refractivity contribution in [2.75, 3.05) is 6.54 Å². The first kappa shape index (κ1) is 11.8.